The second kappa shape index (κ2) is 5.61. The van der Waals surface area contributed by atoms with E-state index in [9.17, 15) is 4.79 Å². The number of aromatic nitrogens is 1. The van der Waals surface area contributed by atoms with Gasteiger partial charge in [0.15, 0.2) is 0 Å². The minimum atomic E-state index is 0.0859. The van der Waals surface area contributed by atoms with E-state index >= 15 is 0 Å². The van der Waals surface area contributed by atoms with Crippen LogP contribution in [-0.2, 0) is 4.79 Å². The highest BCUT2D eigenvalue weighted by Gasteiger charge is 2.23. The maximum Gasteiger partial charge on any atom is 0.217 e. The Morgan fingerprint density at radius 2 is 1.90 bits per heavy atom. The Bertz CT molecular complexity index is 610. The van der Waals surface area contributed by atoms with Gasteiger partial charge in [0.2, 0.25) is 5.91 Å². The average Bonchev–Trinajstić information content (AvgIpc) is 2.47. The topological polar surface area (TPSA) is 42.0 Å². The summed E-state index contributed by atoms with van der Waals surface area (Å²) >= 11 is 0. The highest BCUT2D eigenvalue weighted by molar-refractivity contribution is 5.82. The SMILES string of the molecule is CC(=O)NC1CCC(c2ccnc3ccccc23)CC1. The third-order valence-electron chi connectivity index (χ3n) is 4.26. The molecule has 0 saturated heterocycles. The lowest BCUT2D eigenvalue weighted by Crippen LogP contribution is -2.35. The van der Waals surface area contributed by atoms with Crippen molar-refractivity contribution in [3.05, 3.63) is 42.1 Å². The molecule has 0 aliphatic heterocycles. The third-order valence-corrected chi connectivity index (χ3v) is 4.26. The van der Waals surface area contributed by atoms with E-state index in [1.165, 1.54) is 10.9 Å². The highest BCUT2D eigenvalue weighted by atomic mass is 16.1. The summed E-state index contributed by atoms with van der Waals surface area (Å²) in [5.74, 6) is 0.677. The van der Waals surface area contributed by atoms with Crippen LogP contribution in [0.3, 0.4) is 0 Å². The molecule has 1 fully saturated rings. The zero-order valence-corrected chi connectivity index (χ0v) is 11.8. The fourth-order valence-corrected chi connectivity index (χ4v) is 3.31. The van der Waals surface area contributed by atoms with Crippen molar-refractivity contribution >= 4 is 16.8 Å². The highest BCUT2D eigenvalue weighted by Crippen LogP contribution is 2.35. The molecule has 1 aromatic heterocycles. The molecule has 20 heavy (non-hydrogen) atoms. The average molecular weight is 268 g/mol. The van der Waals surface area contributed by atoms with Crippen molar-refractivity contribution in [2.45, 2.75) is 44.6 Å². The zero-order valence-electron chi connectivity index (χ0n) is 11.8. The Hall–Kier alpha value is -1.90. The molecule has 3 rings (SSSR count). The van der Waals surface area contributed by atoms with Gasteiger partial charge in [-0.3, -0.25) is 9.78 Å². The number of pyridine rings is 1. The molecule has 1 heterocycles. The van der Waals surface area contributed by atoms with E-state index in [-0.39, 0.29) is 5.91 Å². The van der Waals surface area contributed by atoms with Gasteiger partial charge >= 0.3 is 0 Å². The predicted molar refractivity (Wildman–Crippen MR) is 80.6 cm³/mol. The summed E-state index contributed by atoms with van der Waals surface area (Å²) < 4.78 is 0. The van der Waals surface area contributed by atoms with Gasteiger partial charge < -0.3 is 5.32 Å². The Labute approximate surface area is 119 Å². The zero-order chi connectivity index (χ0) is 13.9. The van der Waals surface area contributed by atoms with Gasteiger partial charge in [-0.1, -0.05) is 18.2 Å². The molecule has 3 heteroatoms. The number of carbonyl (C=O) groups excluding carboxylic acids is 1. The molecule has 1 N–H and O–H groups in total. The molecular weight excluding hydrogens is 248 g/mol. The number of nitrogens with one attached hydrogen (secondary N) is 1. The number of carbonyl (C=O) groups is 1. The fraction of sp³-hybridized carbons (Fsp3) is 0.412. The fourth-order valence-electron chi connectivity index (χ4n) is 3.31. The molecular formula is C17H20N2O. The minimum Gasteiger partial charge on any atom is -0.354 e. The van der Waals surface area contributed by atoms with Crippen molar-refractivity contribution in [2.24, 2.45) is 0 Å². The molecule has 1 saturated carbocycles. The largest absolute Gasteiger partial charge is 0.354 e. The smallest absolute Gasteiger partial charge is 0.217 e. The van der Waals surface area contributed by atoms with Crippen LogP contribution in [0.25, 0.3) is 10.9 Å². The Morgan fingerprint density at radius 3 is 2.65 bits per heavy atom. The van der Waals surface area contributed by atoms with Crippen LogP contribution in [0.4, 0.5) is 0 Å². The molecule has 3 nitrogen and oxygen atoms in total. The molecule has 0 bridgehead atoms. The van der Waals surface area contributed by atoms with Gasteiger partial charge in [-0.25, -0.2) is 0 Å². The maximum absolute atomic E-state index is 11.1. The summed E-state index contributed by atoms with van der Waals surface area (Å²) in [4.78, 5) is 15.6. The molecule has 1 aromatic carbocycles. The molecule has 1 aliphatic rings. The quantitative estimate of drug-likeness (QED) is 0.907. The number of para-hydroxylation sites is 1. The molecule has 0 spiro atoms. The summed E-state index contributed by atoms with van der Waals surface area (Å²) in [6.45, 7) is 1.60. The summed E-state index contributed by atoms with van der Waals surface area (Å²) in [6, 6.07) is 10.9. The first kappa shape index (κ1) is 13.1. The minimum absolute atomic E-state index is 0.0859. The Morgan fingerprint density at radius 1 is 1.15 bits per heavy atom. The summed E-state index contributed by atoms with van der Waals surface area (Å²) in [7, 11) is 0. The normalized spacial score (nSPS) is 22.6. The first-order chi connectivity index (χ1) is 9.74. The van der Waals surface area contributed by atoms with E-state index in [1.807, 2.05) is 12.3 Å². The van der Waals surface area contributed by atoms with Crippen LogP contribution in [-0.4, -0.2) is 16.9 Å². The van der Waals surface area contributed by atoms with Gasteiger partial charge in [0.1, 0.15) is 0 Å². The van der Waals surface area contributed by atoms with Crippen molar-refractivity contribution in [3.8, 4) is 0 Å². The van der Waals surface area contributed by atoms with Gasteiger partial charge in [-0.2, -0.15) is 0 Å². The predicted octanol–water partition coefficient (Wildman–Crippen LogP) is 3.40. The van der Waals surface area contributed by atoms with E-state index in [0.717, 1.165) is 31.2 Å². The van der Waals surface area contributed by atoms with Crippen molar-refractivity contribution in [1.29, 1.82) is 0 Å². The lowest BCUT2D eigenvalue weighted by atomic mass is 9.80. The summed E-state index contributed by atoms with van der Waals surface area (Å²) in [5, 5.41) is 4.32. The third kappa shape index (κ3) is 2.67. The van der Waals surface area contributed by atoms with Gasteiger partial charge in [-0.05, 0) is 49.3 Å². The van der Waals surface area contributed by atoms with Crippen LogP contribution >= 0.6 is 0 Å². The monoisotopic (exact) mass is 268 g/mol. The number of benzene rings is 1. The van der Waals surface area contributed by atoms with E-state index in [1.54, 1.807) is 6.92 Å². The van der Waals surface area contributed by atoms with E-state index in [2.05, 4.69) is 34.6 Å². The second-order valence-corrected chi connectivity index (χ2v) is 5.67. The molecule has 2 aromatic rings. The number of hydrogen-bond donors (Lipinski definition) is 1. The van der Waals surface area contributed by atoms with Crippen molar-refractivity contribution in [3.63, 3.8) is 0 Å². The number of nitrogens with zero attached hydrogens (tertiary/aromatic N) is 1. The molecule has 104 valence electrons. The Balaban J connectivity index is 1.78. The van der Waals surface area contributed by atoms with Crippen LogP contribution in [0.1, 0.15) is 44.1 Å². The standard InChI is InChI=1S/C17H20N2O/c1-12(20)19-14-8-6-13(7-9-14)15-10-11-18-17-5-3-2-4-16(15)17/h2-5,10-11,13-14H,6-9H2,1H3,(H,19,20). The van der Waals surface area contributed by atoms with Crippen molar-refractivity contribution < 1.29 is 4.79 Å². The van der Waals surface area contributed by atoms with Crippen LogP contribution in [0.15, 0.2) is 36.5 Å². The molecule has 0 atom stereocenters. The molecule has 0 unspecified atom stereocenters. The van der Waals surface area contributed by atoms with Gasteiger partial charge in [0.25, 0.3) is 0 Å². The molecule has 1 aliphatic carbocycles. The van der Waals surface area contributed by atoms with Crippen LogP contribution in [0.2, 0.25) is 0 Å². The summed E-state index contributed by atoms with van der Waals surface area (Å²) in [6.07, 6.45) is 6.33. The van der Waals surface area contributed by atoms with E-state index in [4.69, 9.17) is 0 Å². The maximum atomic E-state index is 11.1. The number of fused-ring (bicyclic) bond motifs is 1. The molecule has 1 amide bonds. The Kier molecular flexibility index (Phi) is 3.68. The van der Waals surface area contributed by atoms with Gasteiger partial charge in [0, 0.05) is 24.5 Å². The summed E-state index contributed by atoms with van der Waals surface area (Å²) in [5.41, 5.74) is 2.49. The number of rotatable bonds is 2. The van der Waals surface area contributed by atoms with Crippen LogP contribution in [0, 0.1) is 0 Å². The van der Waals surface area contributed by atoms with E-state index < -0.39 is 0 Å². The van der Waals surface area contributed by atoms with Crippen LogP contribution < -0.4 is 5.32 Å². The lowest BCUT2D eigenvalue weighted by molar-refractivity contribution is -0.119. The second-order valence-electron chi connectivity index (χ2n) is 5.67. The first-order valence-corrected chi connectivity index (χ1v) is 7.35. The van der Waals surface area contributed by atoms with E-state index in [0.29, 0.717) is 12.0 Å². The van der Waals surface area contributed by atoms with Crippen molar-refractivity contribution in [2.75, 3.05) is 0 Å². The number of hydrogen-bond acceptors (Lipinski definition) is 2. The number of amides is 1. The van der Waals surface area contributed by atoms with Crippen molar-refractivity contribution in [1.82, 2.24) is 10.3 Å². The lowest BCUT2D eigenvalue weighted by Gasteiger charge is -2.29. The first-order valence-electron chi connectivity index (χ1n) is 7.35. The van der Waals surface area contributed by atoms with Gasteiger partial charge in [-0.15, -0.1) is 0 Å². The molecule has 0 radical (unpaired) electrons. The van der Waals surface area contributed by atoms with Crippen LogP contribution in [0.5, 0.6) is 0 Å². The van der Waals surface area contributed by atoms with Gasteiger partial charge in [0.05, 0.1) is 5.52 Å².